The lowest BCUT2D eigenvalue weighted by atomic mass is 9.95. The minimum atomic E-state index is -0.867. The third-order valence-corrected chi connectivity index (χ3v) is 4.08. The van der Waals surface area contributed by atoms with E-state index in [1.165, 1.54) is 29.2 Å². The molecule has 0 radical (unpaired) electrons. The fraction of sp³-hybridized carbons (Fsp3) is 0.100. The second-order valence-electron chi connectivity index (χ2n) is 5.66. The number of carbonyl (C=O) groups excluding carboxylic acids is 2. The molecule has 2 aromatic carbocycles. The fourth-order valence-electron chi connectivity index (χ4n) is 2.98. The van der Waals surface area contributed by atoms with Crippen LogP contribution in [0.5, 0.6) is 0 Å². The molecule has 0 aliphatic carbocycles. The molecular formula is C20H16FNO3. The number of amides is 1. The van der Waals surface area contributed by atoms with Crippen LogP contribution in [0.15, 0.2) is 72.8 Å². The van der Waals surface area contributed by atoms with Crippen molar-refractivity contribution in [1.29, 1.82) is 0 Å². The second kappa shape index (κ2) is 6.73. The highest BCUT2D eigenvalue weighted by Gasteiger charge is 2.45. The number of aliphatic hydroxyl groups excluding tert-OH is 1. The number of Topliss-reactive ketones (excluding diaryl/α,β-unsaturated/α-hetero) is 1. The molecule has 0 spiro atoms. The van der Waals surface area contributed by atoms with E-state index < -0.39 is 23.5 Å². The summed E-state index contributed by atoms with van der Waals surface area (Å²) in [6.45, 7) is 3.71. The number of hydrogen-bond acceptors (Lipinski definition) is 3. The van der Waals surface area contributed by atoms with Crippen LogP contribution in [0, 0.1) is 5.82 Å². The molecule has 0 unspecified atom stereocenters. The summed E-state index contributed by atoms with van der Waals surface area (Å²) < 4.78 is 13.7. The van der Waals surface area contributed by atoms with Crippen molar-refractivity contribution < 1.29 is 19.1 Å². The van der Waals surface area contributed by atoms with Crippen LogP contribution in [0.25, 0.3) is 5.76 Å². The summed E-state index contributed by atoms with van der Waals surface area (Å²) in [5.41, 5.74) is 0.780. The Bertz CT molecular complexity index is 874. The van der Waals surface area contributed by atoms with E-state index in [0.29, 0.717) is 11.1 Å². The summed E-state index contributed by atoms with van der Waals surface area (Å²) in [4.78, 5) is 26.2. The van der Waals surface area contributed by atoms with Gasteiger partial charge in [-0.25, -0.2) is 4.39 Å². The average molecular weight is 337 g/mol. The first kappa shape index (κ1) is 16.6. The highest BCUT2D eigenvalue weighted by Crippen LogP contribution is 2.39. The van der Waals surface area contributed by atoms with E-state index in [9.17, 15) is 19.1 Å². The molecule has 1 aliphatic heterocycles. The van der Waals surface area contributed by atoms with Crippen LogP contribution in [0.2, 0.25) is 0 Å². The molecule has 0 aromatic heterocycles. The predicted molar refractivity (Wildman–Crippen MR) is 92.0 cm³/mol. The summed E-state index contributed by atoms with van der Waals surface area (Å²) in [6, 6.07) is 13.3. The van der Waals surface area contributed by atoms with Crippen molar-refractivity contribution in [3.05, 3.63) is 89.8 Å². The first-order valence-electron chi connectivity index (χ1n) is 7.74. The Morgan fingerprint density at radius 3 is 2.52 bits per heavy atom. The van der Waals surface area contributed by atoms with E-state index in [2.05, 4.69) is 6.58 Å². The zero-order chi connectivity index (χ0) is 18.0. The number of nitrogens with zero attached hydrogens (tertiary/aromatic N) is 1. The number of hydrogen-bond donors (Lipinski definition) is 1. The number of ketones is 1. The molecule has 0 saturated carbocycles. The Balaban J connectivity index is 2.21. The zero-order valence-electron chi connectivity index (χ0n) is 13.4. The predicted octanol–water partition coefficient (Wildman–Crippen LogP) is 3.43. The average Bonchev–Trinajstić information content (AvgIpc) is 2.87. The highest BCUT2D eigenvalue weighted by molar-refractivity contribution is 6.46. The fourth-order valence-corrected chi connectivity index (χ4v) is 2.98. The van der Waals surface area contributed by atoms with Crippen LogP contribution in [0.3, 0.4) is 0 Å². The number of halogens is 1. The third-order valence-electron chi connectivity index (χ3n) is 4.08. The van der Waals surface area contributed by atoms with Crippen molar-refractivity contribution in [2.24, 2.45) is 0 Å². The van der Waals surface area contributed by atoms with Gasteiger partial charge in [-0.3, -0.25) is 9.59 Å². The molecule has 1 aliphatic rings. The van der Waals surface area contributed by atoms with Crippen molar-refractivity contribution >= 4 is 17.4 Å². The minimum absolute atomic E-state index is 0.0522. The standard InChI is InChI=1S/C20H16FNO3/c1-2-11-22-17(14-9-6-10-15(21)12-14)16(19(24)20(22)25)18(23)13-7-4-3-5-8-13/h2-10,12,17,23H,1,11H2/b18-16+/t17-/m1/s1. The van der Waals surface area contributed by atoms with Gasteiger partial charge in [0.05, 0.1) is 11.6 Å². The molecule has 5 heteroatoms. The van der Waals surface area contributed by atoms with Crippen molar-refractivity contribution in [2.45, 2.75) is 6.04 Å². The van der Waals surface area contributed by atoms with Gasteiger partial charge in [0.25, 0.3) is 11.7 Å². The van der Waals surface area contributed by atoms with E-state index in [1.807, 2.05) is 0 Å². The maximum absolute atomic E-state index is 13.7. The smallest absolute Gasteiger partial charge is 0.295 e. The Hall–Kier alpha value is -3.21. The van der Waals surface area contributed by atoms with Gasteiger partial charge in [0.1, 0.15) is 11.6 Å². The molecule has 1 atom stereocenters. The van der Waals surface area contributed by atoms with Crippen molar-refractivity contribution in [3.63, 3.8) is 0 Å². The van der Waals surface area contributed by atoms with Crippen molar-refractivity contribution in [1.82, 2.24) is 4.90 Å². The monoisotopic (exact) mass is 337 g/mol. The molecule has 1 amide bonds. The van der Waals surface area contributed by atoms with Crippen LogP contribution < -0.4 is 0 Å². The van der Waals surface area contributed by atoms with Crippen LogP contribution >= 0.6 is 0 Å². The Labute approximate surface area is 144 Å². The van der Waals surface area contributed by atoms with Crippen LogP contribution in [0.4, 0.5) is 4.39 Å². The lowest BCUT2D eigenvalue weighted by Gasteiger charge is -2.24. The van der Waals surface area contributed by atoms with Crippen LogP contribution in [0.1, 0.15) is 17.2 Å². The summed E-state index contributed by atoms with van der Waals surface area (Å²) in [5.74, 6) is -2.30. The SMILES string of the molecule is C=CCN1C(=O)C(=O)/C(=C(/O)c2ccccc2)[C@H]1c1cccc(F)c1. The lowest BCUT2D eigenvalue weighted by molar-refractivity contribution is -0.139. The Kier molecular flexibility index (Phi) is 4.48. The Morgan fingerprint density at radius 1 is 1.16 bits per heavy atom. The van der Waals surface area contributed by atoms with E-state index in [-0.39, 0.29) is 17.9 Å². The molecule has 1 heterocycles. The summed E-state index contributed by atoms with van der Waals surface area (Å²) >= 11 is 0. The molecule has 3 rings (SSSR count). The van der Waals surface area contributed by atoms with E-state index in [1.54, 1.807) is 36.4 Å². The van der Waals surface area contributed by atoms with Crippen LogP contribution in [-0.4, -0.2) is 28.2 Å². The molecule has 126 valence electrons. The van der Waals surface area contributed by atoms with Crippen molar-refractivity contribution in [3.8, 4) is 0 Å². The number of benzene rings is 2. The van der Waals surface area contributed by atoms with Gasteiger partial charge in [0.2, 0.25) is 0 Å². The number of likely N-dealkylation sites (tertiary alicyclic amines) is 1. The molecule has 2 aromatic rings. The topological polar surface area (TPSA) is 57.6 Å². The first-order chi connectivity index (χ1) is 12.0. The van der Waals surface area contributed by atoms with Gasteiger partial charge in [-0.05, 0) is 17.7 Å². The molecular weight excluding hydrogens is 321 g/mol. The van der Waals surface area contributed by atoms with Gasteiger partial charge in [-0.2, -0.15) is 0 Å². The maximum Gasteiger partial charge on any atom is 0.295 e. The summed E-state index contributed by atoms with van der Waals surface area (Å²) in [6.07, 6.45) is 1.49. The molecule has 1 saturated heterocycles. The third kappa shape index (κ3) is 2.96. The largest absolute Gasteiger partial charge is 0.507 e. The first-order valence-corrected chi connectivity index (χ1v) is 7.74. The normalized spacial score (nSPS) is 19.2. The van der Waals surface area contributed by atoms with Gasteiger partial charge in [-0.1, -0.05) is 48.5 Å². The summed E-state index contributed by atoms with van der Waals surface area (Å²) in [5, 5.41) is 10.7. The zero-order valence-corrected chi connectivity index (χ0v) is 13.4. The lowest BCUT2D eigenvalue weighted by Crippen LogP contribution is -2.29. The van der Waals surface area contributed by atoms with E-state index in [4.69, 9.17) is 0 Å². The van der Waals surface area contributed by atoms with Gasteiger partial charge >= 0.3 is 0 Å². The minimum Gasteiger partial charge on any atom is -0.507 e. The maximum atomic E-state index is 13.7. The number of carbonyl (C=O) groups is 2. The van der Waals surface area contributed by atoms with Gasteiger partial charge in [0.15, 0.2) is 0 Å². The number of rotatable bonds is 4. The van der Waals surface area contributed by atoms with Crippen molar-refractivity contribution in [2.75, 3.05) is 6.54 Å². The van der Waals surface area contributed by atoms with Gasteiger partial charge in [-0.15, -0.1) is 6.58 Å². The highest BCUT2D eigenvalue weighted by atomic mass is 19.1. The molecule has 1 N–H and O–H groups in total. The van der Waals surface area contributed by atoms with Crippen LogP contribution in [-0.2, 0) is 9.59 Å². The number of aliphatic hydroxyl groups is 1. The second-order valence-corrected chi connectivity index (χ2v) is 5.66. The van der Waals surface area contributed by atoms with Gasteiger partial charge < -0.3 is 10.0 Å². The summed E-state index contributed by atoms with van der Waals surface area (Å²) in [7, 11) is 0. The van der Waals surface area contributed by atoms with E-state index >= 15 is 0 Å². The molecule has 4 nitrogen and oxygen atoms in total. The molecule has 0 bridgehead atoms. The van der Waals surface area contributed by atoms with E-state index in [0.717, 1.165) is 0 Å². The molecule has 1 fully saturated rings. The quantitative estimate of drug-likeness (QED) is 0.402. The molecule has 25 heavy (non-hydrogen) atoms. The van der Waals surface area contributed by atoms with Gasteiger partial charge in [0, 0.05) is 12.1 Å². The Morgan fingerprint density at radius 2 is 1.88 bits per heavy atom.